The SMILES string of the molecule is CCC1C[C@H](C(=O)N(C)CCC(C)C)[C@H](C(=O)O)C1. The normalized spacial score (nSPS) is 26.7. The molecule has 0 aromatic carbocycles. The number of hydrogen-bond donors (Lipinski definition) is 1. The summed E-state index contributed by atoms with van der Waals surface area (Å²) in [5.74, 6) is -0.667. The molecule has 0 spiro atoms. The van der Waals surface area contributed by atoms with Crippen molar-refractivity contribution in [3.63, 3.8) is 0 Å². The van der Waals surface area contributed by atoms with E-state index in [1.807, 2.05) is 0 Å². The summed E-state index contributed by atoms with van der Waals surface area (Å²) in [6, 6.07) is 0. The van der Waals surface area contributed by atoms with E-state index >= 15 is 0 Å². The second kappa shape index (κ2) is 6.92. The number of amides is 1. The molecule has 0 radical (unpaired) electrons. The molecule has 110 valence electrons. The fraction of sp³-hybridized carbons (Fsp3) is 0.867. The first kappa shape index (κ1) is 16.0. The first-order chi connectivity index (χ1) is 8.86. The van der Waals surface area contributed by atoms with Crippen LogP contribution < -0.4 is 0 Å². The molecule has 3 atom stereocenters. The molecule has 19 heavy (non-hydrogen) atoms. The van der Waals surface area contributed by atoms with Crippen LogP contribution in [0.4, 0.5) is 0 Å². The van der Waals surface area contributed by atoms with Crippen LogP contribution in [0.3, 0.4) is 0 Å². The second-order valence-electron chi connectivity index (χ2n) is 6.24. The Labute approximate surface area is 116 Å². The van der Waals surface area contributed by atoms with Gasteiger partial charge >= 0.3 is 5.97 Å². The fourth-order valence-corrected chi connectivity index (χ4v) is 2.87. The molecule has 1 N–H and O–H groups in total. The second-order valence-corrected chi connectivity index (χ2v) is 6.24. The molecule has 0 aromatic heterocycles. The van der Waals surface area contributed by atoms with Gasteiger partial charge in [0, 0.05) is 13.6 Å². The van der Waals surface area contributed by atoms with Crippen molar-refractivity contribution in [2.45, 2.75) is 46.5 Å². The van der Waals surface area contributed by atoms with Gasteiger partial charge in [0.25, 0.3) is 0 Å². The summed E-state index contributed by atoms with van der Waals surface area (Å²) in [4.78, 5) is 25.4. The highest BCUT2D eigenvalue weighted by Crippen LogP contribution is 2.39. The Morgan fingerprint density at radius 2 is 1.84 bits per heavy atom. The molecule has 1 rings (SSSR count). The van der Waals surface area contributed by atoms with Crippen LogP contribution in [-0.2, 0) is 9.59 Å². The number of carbonyl (C=O) groups is 2. The highest BCUT2D eigenvalue weighted by molar-refractivity contribution is 5.85. The van der Waals surface area contributed by atoms with E-state index in [4.69, 9.17) is 0 Å². The van der Waals surface area contributed by atoms with E-state index < -0.39 is 11.9 Å². The summed E-state index contributed by atoms with van der Waals surface area (Å²) in [7, 11) is 1.79. The minimum absolute atomic E-state index is 0.0176. The van der Waals surface area contributed by atoms with Crippen molar-refractivity contribution >= 4 is 11.9 Å². The van der Waals surface area contributed by atoms with Crippen LogP contribution in [0.1, 0.15) is 46.5 Å². The summed E-state index contributed by atoms with van der Waals surface area (Å²) in [5.41, 5.74) is 0. The number of carbonyl (C=O) groups excluding carboxylic acids is 1. The van der Waals surface area contributed by atoms with Crippen molar-refractivity contribution in [2.75, 3.05) is 13.6 Å². The third-order valence-electron chi connectivity index (χ3n) is 4.29. The maximum Gasteiger partial charge on any atom is 0.307 e. The Kier molecular flexibility index (Phi) is 5.83. The van der Waals surface area contributed by atoms with E-state index in [1.54, 1.807) is 11.9 Å². The molecule has 1 amide bonds. The maximum atomic E-state index is 12.4. The predicted octanol–water partition coefficient (Wildman–Crippen LogP) is 2.63. The number of aliphatic carboxylic acids is 1. The molecule has 1 aliphatic carbocycles. The van der Waals surface area contributed by atoms with E-state index in [0.29, 0.717) is 18.3 Å². The van der Waals surface area contributed by atoms with E-state index in [1.165, 1.54) is 0 Å². The zero-order chi connectivity index (χ0) is 14.6. The number of nitrogens with zero attached hydrogens (tertiary/aromatic N) is 1. The zero-order valence-electron chi connectivity index (χ0n) is 12.6. The Hall–Kier alpha value is -1.06. The summed E-state index contributed by atoms with van der Waals surface area (Å²) in [6.45, 7) is 7.04. The van der Waals surface area contributed by atoms with Crippen molar-refractivity contribution in [1.82, 2.24) is 4.90 Å². The molecule has 4 nitrogen and oxygen atoms in total. The smallest absolute Gasteiger partial charge is 0.307 e. The Balaban J connectivity index is 2.65. The van der Waals surface area contributed by atoms with Crippen LogP contribution in [0.25, 0.3) is 0 Å². The van der Waals surface area contributed by atoms with Gasteiger partial charge in [-0.05, 0) is 31.1 Å². The first-order valence-electron chi connectivity index (χ1n) is 7.34. The number of rotatable bonds is 6. The summed E-state index contributed by atoms with van der Waals surface area (Å²) < 4.78 is 0. The lowest BCUT2D eigenvalue weighted by Gasteiger charge is -2.24. The van der Waals surface area contributed by atoms with Gasteiger partial charge in [-0.15, -0.1) is 0 Å². The molecule has 0 aliphatic heterocycles. The molecule has 4 heteroatoms. The third kappa shape index (κ3) is 4.22. The van der Waals surface area contributed by atoms with Crippen molar-refractivity contribution in [1.29, 1.82) is 0 Å². The molecule has 0 heterocycles. The van der Waals surface area contributed by atoms with Gasteiger partial charge < -0.3 is 10.0 Å². The lowest BCUT2D eigenvalue weighted by molar-refractivity contribution is -0.148. The molecule has 1 saturated carbocycles. The molecular weight excluding hydrogens is 242 g/mol. The Morgan fingerprint density at radius 1 is 1.26 bits per heavy atom. The van der Waals surface area contributed by atoms with Gasteiger partial charge in [-0.3, -0.25) is 9.59 Å². The average molecular weight is 269 g/mol. The van der Waals surface area contributed by atoms with Gasteiger partial charge in [0.15, 0.2) is 0 Å². The van der Waals surface area contributed by atoms with Crippen molar-refractivity contribution < 1.29 is 14.7 Å². The largest absolute Gasteiger partial charge is 0.481 e. The van der Waals surface area contributed by atoms with Crippen molar-refractivity contribution in [3.8, 4) is 0 Å². The standard InChI is InChI=1S/C15H27NO3/c1-5-11-8-12(13(9-11)15(18)19)14(17)16(4)7-6-10(2)3/h10-13H,5-9H2,1-4H3,(H,18,19)/t11?,12-,13+/m0/s1. The third-order valence-corrected chi connectivity index (χ3v) is 4.29. The zero-order valence-corrected chi connectivity index (χ0v) is 12.6. The maximum absolute atomic E-state index is 12.4. The predicted molar refractivity (Wildman–Crippen MR) is 74.7 cm³/mol. The van der Waals surface area contributed by atoms with E-state index in [9.17, 15) is 14.7 Å². The summed E-state index contributed by atoms with van der Waals surface area (Å²) >= 11 is 0. The molecule has 1 unspecified atom stereocenters. The number of carboxylic acid groups (broad SMARTS) is 1. The van der Waals surface area contributed by atoms with Crippen LogP contribution in [0.2, 0.25) is 0 Å². The molecule has 1 fully saturated rings. The highest BCUT2D eigenvalue weighted by Gasteiger charge is 2.42. The van der Waals surface area contributed by atoms with E-state index in [-0.39, 0.29) is 11.8 Å². The Bertz CT molecular complexity index is 327. The van der Waals surface area contributed by atoms with Gasteiger partial charge in [0.1, 0.15) is 0 Å². The molecule has 0 aromatic rings. The molecule has 1 aliphatic rings. The summed E-state index contributed by atoms with van der Waals surface area (Å²) in [6.07, 6.45) is 3.31. The van der Waals surface area contributed by atoms with Crippen LogP contribution in [0.15, 0.2) is 0 Å². The van der Waals surface area contributed by atoms with Gasteiger partial charge in [-0.2, -0.15) is 0 Å². The molecular formula is C15H27NO3. The molecule has 0 bridgehead atoms. The molecule has 0 saturated heterocycles. The quantitative estimate of drug-likeness (QED) is 0.806. The Morgan fingerprint density at radius 3 is 2.32 bits per heavy atom. The van der Waals surface area contributed by atoms with E-state index in [0.717, 1.165) is 25.8 Å². The van der Waals surface area contributed by atoms with Gasteiger partial charge in [-0.1, -0.05) is 27.2 Å². The van der Waals surface area contributed by atoms with Gasteiger partial charge in [0.05, 0.1) is 11.8 Å². The average Bonchev–Trinajstić information content (AvgIpc) is 2.79. The lowest BCUT2D eigenvalue weighted by Crippen LogP contribution is -2.37. The first-order valence-corrected chi connectivity index (χ1v) is 7.34. The van der Waals surface area contributed by atoms with Crippen molar-refractivity contribution in [2.24, 2.45) is 23.7 Å². The fourth-order valence-electron chi connectivity index (χ4n) is 2.87. The van der Waals surface area contributed by atoms with Gasteiger partial charge in [-0.25, -0.2) is 0 Å². The van der Waals surface area contributed by atoms with Gasteiger partial charge in [0.2, 0.25) is 5.91 Å². The van der Waals surface area contributed by atoms with Crippen LogP contribution in [0.5, 0.6) is 0 Å². The summed E-state index contributed by atoms with van der Waals surface area (Å²) in [5, 5.41) is 9.28. The van der Waals surface area contributed by atoms with Crippen molar-refractivity contribution in [3.05, 3.63) is 0 Å². The monoisotopic (exact) mass is 269 g/mol. The van der Waals surface area contributed by atoms with Crippen LogP contribution >= 0.6 is 0 Å². The number of carboxylic acids is 1. The van der Waals surface area contributed by atoms with Crippen LogP contribution in [0, 0.1) is 23.7 Å². The minimum Gasteiger partial charge on any atom is -0.481 e. The lowest BCUT2D eigenvalue weighted by atomic mass is 9.94. The topological polar surface area (TPSA) is 57.6 Å². The van der Waals surface area contributed by atoms with E-state index in [2.05, 4.69) is 20.8 Å². The minimum atomic E-state index is -0.813. The number of hydrogen-bond acceptors (Lipinski definition) is 2. The van der Waals surface area contributed by atoms with Crippen LogP contribution in [-0.4, -0.2) is 35.5 Å². The highest BCUT2D eigenvalue weighted by atomic mass is 16.4.